The van der Waals surface area contributed by atoms with Gasteiger partial charge in [0.25, 0.3) is 0 Å². The highest BCUT2D eigenvalue weighted by Gasteiger charge is 2.24. The zero-order chi connectivity index (χ0) is 19.9. The summed E-state index contributed by atoms with van der Waals surface area (Å²) in [4.78, 5) is 12.5. The van der Waals surface area contributed by atoms with Gasteiger partial charge in [-0.05, 0) is 44.0 Å². The van der Waals surface area contributed by atoms with E-state index < -0.39 is 0 Å². The predicted molar refractivity (Wildman–Crippen MR) is 107 cm³/mol. The Hall–Kier alpha value is -2.09. The minimum Gasteiger partial charge on any atom is -0.493 e. The summed E-state index contributed by atoms with van der Waals surface area (Å²) in [6, 6.07) is 5.78. The van der Waals surface area contributed by atoms with Crippen molar-refractivity contribution in [1.82, 2.24) is 20.1 Å². The van der Waals surface area contributed by atoms with E-state index in [4.69, 9.17) is 4.74 Å². The zero-order valence-corrected chi connectivity index (χ0v) is 17.2. The molecule has 0 bridgehead atoms. The molecule has 1 N–H and O–H groups in total. The highest BCUT2D eigenvalue weighted by Crippen LogP contribution is 2.25. The van der Waals surface area contributed by atoms with Crippen LogP contribution in [0, 0.1) is 11.7 Å². The molecular formula is C20H27FN4O2S. The van der Waals surface area contributed by atoms with Gasteiger partial charge in [-0.25, -0.2) is 4.39 Å². The molecule has 1 aliphatic rings. The fourth-order valence-corrected chi connectivity index (χ4v) is 4.15. The minimum absolute atomic E-state index is 0.122. The zero-order valence-electron chi connectivity index (χ0n) is 16.4. The molecule has 0 radical (unpaired) electrons. The van der Waals surface area contributed by atoms with Crippen LogP contribution in [0.4, 0.5) is 4.39 Å². The van der Waals surface area contributed by atoms with Gasteiger partial charge in [0.05, 0.1) is 12.6 Å². The molecule has 1 aromatic carbocycles. The monoisotopic (exact) mass is 406 g/mol. The van der Waals surface area contributed by atoms with Gasteiger partial charge in [0.1, 0.15) is 11.6 Å². The van der Waals surface area contributed by atoms with E-state index in [1.165, 1.54) is 30.3 Å². The van der Waals surface area contributed by atoms with Crippen molar-refractivity contribution in [3.05, 3.63) is 35.9 Å². The summed E-state index contributed by atoms with van der Waals surface area (Å²) in [6.07, 6.45) is 5.46. The highest BCUT2D eigenvalue weighted by molar-refractivity contribution is 7.99. The van der Waals surface area contributed by atoms with Crippen LogP contribution in [0.1, 0.15) is 50.9 Å². The Bertz CT molecular complexity index is 775. The van der Waals surface area contributed by atoms with Gasteiger partial charge in [-0.2, -0.15) is 0 Å². The number of ether oxygens (including phenoxy) is 1. The molecule has 1 amide bonds. The Morgan fingerprint density at radius 2 is 2.00 bits per heavy atom. The maximum atomic E-state index is 12.9. The van der Waals surface area contributed by atoms with E-state index in [0.717, 1.165) is 36.7 Å². The lowest BCUT2D eigenvalue weighted by Gasteiger charge is -2.23. The van der Waals surface area contributed by atoms with E-state index in [2.05, 4.69) is 15.5 Å². The molecule has 0 spiro atoms. The van der Waals surface area contributed by atoms with Crippen molar-refractivity contribution in [3.8, 4) is 5.75 Å². The molecule has 0 unspecified atom stereocenters. The van der Waals surface area contributed by atoms with Gasteiger partial charge in [-0.1, -0.05) is 31.0 Å². The third-order valence-corrected chi connectivity index (χ3v) is 5.97. The quantitative estimate of drug-likeness (QED) is 0.532. The second-order valence-electron chi connectivity index (χ2n) is 7.12. The van der Waals surface area contributed by atoms with Crippen LogP contribution in [0.2, 0.25) is 0 Å². The average Bonchev–Trinajstić information content (AvgIpc) is 3.08. The molecule has 0 saturated heterocycles. The van der Waals surface area contributed by atoms with E-state index in [9.17, 15) is 9.18 Å². The number of nitrogens with zero attached hydrogens (tertiary/aromatic N) is 3. The number of carbonyl (C=O) groups excluding carboxylic acids is 1. The SMILES string of the molecule is C[C@H](NC(=O)C1CCCCC1)c1nnc(SCCOc2ccc(F)cc2)n1C. The van der Waals surface area contributed by atoms with Crippen molar-refractivity contribution in [2.24, 2.45) is 13.0 Å². The van der Waals surface area contributed by atoms with E-state index in [1.54, 1.807) is 12.1 Å². The van der Waals surface area contributed by atoms with Crippen LogP contribution < -0.4 is 10.1 Å². The first kappa shape index (κ1) is 20.6. The Morgan fingerprint density at radius 3 is 2.71 bits per heavy atom. The van der Waals surface area contributed by atoms with Gasteiger partial charge in [-0.15, -0.1) is 10.2 Å². The molecule has 8 heteroatoms. The minimum atomic E-state index is -0.280. The lowest BCUT2D eigenvalue weighted by atomic mass is 9.88. The van der Waals surface area contributed by atoms with Gasteiger partial charge >= 0.3 is 0 Å². The number of hydrogen-bond donors (Lipinski definition) is 1. The van der Waals surface area contributed by atoms with Crippen LogP contribution in [-0.2, 0) is 11.8 Å². The Balaban J connectivity index is 1.47. The van der Waals surface area contributed by atoms with Gasteiger partial charge < -0.3 is 14.6 Å². The number of nitrogens with one attached hydrogen (secondary N) is 1. The molecule has 28 heavy (non-hydrogen) atoms. The topological polar surface area (TPSA) is 69.0 Å². The van der Waals surface area contributed by atoms with E-state index in [0.29, 0.717) is 18.1 Å². The number of carbonyl (C=O) groups is 1. The molecule has 6 nitrogen and oxygen atoms in total. The maximum Gasteiger partial charge on any atom is 0.223 e. The number of rotatable bonds is 8. The fraction of sp³-hybridized carbons (Fsp3) is 0.550. The summed E-state index contributed by atoms with van der Waals surface area (Å²) in [6.45, 7) is 2.42. The fourth-order valence-electron chi connectivity index (χ4n) is 3.41. The molecule has 1 fully saturated rings. The second-order valence-corrected chi connectivity index (χ2v) is 8.18. The van der Waals surface area contributed by atoms with Crippen molar-refractivity contribution in [2.45, 2.75) is 50.2 Å². The Labute approximate surface area is 169 Å². The van der Waals surface area contributed by atoms with Gasteiger partial charge in [0, 0.05) is 18.7 Å². The van der Waals surface area contributed by atoms with Crippen LogP contribution in [0.15, 0.2) is 29.4 Å². The molecule has 1 aliphatic carbocycles. The van der Waals surface area contributed by atoms with Crippen molar-refractivity contribution in [1.29, 1.82) is 0 Å². The Kier molecular flexibility index (Phi) is 7.30. The van der Waals surface area contributed by atoms with Crippen LogP contribution in [-0.4, -0.2) is 33.0 Å². The molecule has 1 heterocycles. The molecule has 1 atom stereocenters. The lowest BCUT2D eigenvalue weighted by molar-refractivity contribution is -0.126. The van der Waals surface area contributed by atoms with Gasteiger partial charge in [-0.3, -0.25) is 4.79 Å². The standard InChI is InChI=1S/C20H27FN4O2S/c1-14(22-19(26)15-6-4-3-5-7-15)18-23-24-20(25(18)2)28-13-12-27-17-10-8-16(21)9-11-17/h8-11,14-15H,3-7,12-13H2,1-2H3,(H,22,26)/t14-/m0/s1. The first-order valence-corrected chi connectivity index (χ1v) is 10.7. The molecule has 0 aliphatic heterocycles. The number of hydrogen-bond acceptors (Lipinski definition) is 5. The molecular weight excluding hydrogens is 379 g/mol. The third kappa shape index (κ3) is 5.47. The first-order chi connectivity index (χ1) is 13.5. The summed E-state index contributed by atoms with van der Waals surface area (Å²) >= 11 is 1.53. The van der Waals surface area contributed by atoms with Crippen LogP contribution >= 0.6 is 11.8 Å². The van der Waals surface area contributed by atoms with Crippen molar-refractivity contribution in [3.63, 3.8) is 0 Å². The number of benzene rings is 1. The normalized spacial score (nSPS) is 16.0. The summed E-state index contributed by atoms with van der Waals surface area (Å²) in [5.74, 6) is 2.04. The average molecular weight is 407 g/mol. The van der Waals surface area contributed by atoms with Gasteiger partial charge in [0.15, 0.2) is 11.0 Å². The Morgan fingerprint density at radius 1 is 1.29 bits per heavy atom. The van der Waals surface area contributed by atoms with Crippen LogP contribution in [0.5, 0.6) is 5.75 Å². The molecule has 3 rings (SSSR count). The summed E-state index contributed by atoms with van der Waals surface area (Å²) in [5, 5.41) is 12.3. The first-order valence-electron chi connectivity index (χ1n) is 9.75. The smallest absolute Gasteiger partial charge is 0.223 e. The van der Waals surface area contributed by atoms with Crippen LogP contribution in [0.3, 0.4) is 0 Å². The number of thioether (sulfide) groups is 1. The molecule has 1 saturated carbocycles. The number of amides is 1. The van der Waals surface area contributed by atoms with E-state index in [-0.39, 0.29) is 23.7 Å². The predicted octanol–water partition coefficient (Wildman–Crippen LogP) is 3.88. The maximum absolute atomic E-state index is 12.9. The molecule has 152 valence electrons. The van der Waals surface area contributed by atoms with E-state index >= 15 is 0 Å². The third-order valence-electron chi connectivity index (χ3n) is 4.99. The van der Waals surface area contributed by atoms with Gasteiger partial charge in [0.2, 0.25) is 5.91 Å². The molecule has 2 aromatic rings. The lowest BCUT2D eigenvalue weighted by Crippen LogP contribution is -2.34. The van der Waals surface area contributed by atoms with Crippen molar-refractivity contribution >= 4 is 17.7 Å². The summed E-state index contributed by atoms with van der Waals surface area (Å²) < 4.78 is 20.4. The second kappa shape index (κ2) is 9.91. The summed E-state index contributed by atoms with van der Waals surface area (Å²) in [7, 11) is 1.90. The number of aromatic nitrogens is 3. The van der Waals surface area contributed by atoms with Crippen molar-refractivity contribution < 1.29 is 13.9 Å². The van der Waals surface area contributed by atoms with Crippen molar-refractivity contribution in [2.75, 3.05) is 12.4 Å². The largest absolute Gasteiger partial charge is 0.493 e. The summed E-state index contributed by atoms with van der Waals surface area (Å²) in [5.41, 5.74) is 0. The number of halogens is 1. The highest BCUT2D eigenvalue weighted by atomic mass is 32.2. The van der Waals surface area contributed by atoms with E-state index in [1.807, 2.05) is 18.5 Å². The van der Waals surface area contributed by atoms with Crippen LogP contribution in [0.25, 0.3) is 0 Å². The molecule has 1 aromatic heterocycles.